The molecule has 1 aliphatic rings. The Morgan fingerprint density at radius 1 is 0.931 bits per heavy atom. The van der Waals surface area contributed by atoms with E-state index in [-0.39, 0.29) is 5.91 Å². The number of likely N-dealkylation sites (tertiary alicyclic amines) is 1. The van der Waals surface area contributed by atoms with Gasteiger partial charge in [0, 0.05) is 54.7 Å². The van der Waals surface area contributed by atoms with Gasteiger partial charge < -0.3 is 4.90 Å². The molecule has 29 heavy (non-hydrogen) atoms. The Morgan fingerprint density at radius 2 is 1.83 bits per heavy atom. The summed E-state index contributed by atoms with van der Waals surface area (Å²) in [5.74, 6) is 0.460. The summed E-state index contributed by atoms with van der Waals surface area (Å²) in [5.41, 5.74) is 4.12. The number of aromatic nitrogens is 2. The van der Waals surface area contributed by atoms with E-state index in [1.807, 2.05) is 59.9 Å². The average molecular weight is 379 g/mol. The highest BCUT2D eigenvalue weighted by Crippen LogP contribution is 2.31. The van der Waals surface area contributed by atoms with Crippen LogP contribution in [0.3, 0.4) is 0 Å². The molecule has 5 rings (SSSR count). The molecule has 4 aromatic rings. The summed E-state index contributed by atoms with van der Waals surface area (Å²) in [6.45, 7) is 1.53. The number of rotatable bonds is 3. The van der Waals surface area contributed by atoms with Gasteiger partial charge in [-0.25, -0.2) is 0 Å². The van der Waals surface area contributed by atoms with Crippen molar-refractivity contribution in [2.24, 2.45) is 0 Å². The van der Waals surface area contributed by atoms with Crippen molar-refractivity contribution in [3.8, 4) is 11.1 Å². The molecule has 0 saturated carbocycles. The first-order valence-electron chi connectivity index (χ1n) is 9.92. The first-order chi connectivity index (χ1) is 14.3. The molecule has 1 fully saturated rings. The van der Waals surface area contributed by atoms with Crippen molar-refractivity contribution in [1.82, 2.24) is 14.9 Å². The Balaban J connectivity index is 1.42. The quantitative estimate of drug-likeness (QED) is 0.507. The molecule has 1 aliphatic heterocycles. The number of hydrogen-bond acceptors (Lipinski definition) is 3. The highest BCUT2D eigenvalue weighted by atomic mass is 16.2. The Bertz CT molecular complexity index is 1170. The van der Waals surface area contributed by atoms with E-state index >= 15 is 0 Å². The first kappa shape index (κ1) is 17.6. The second kappa shape index (κ2) is 7.47. The van der Waals surface area contributed by atoms with Crippen molar-refractivity contribution in [2.75, 3.05) is 13.1 Å². The molecule has 0 aliphatic carbocycles. The SMILES string of the molecule is O=C(c1cccc(-c2cccc3cnccc23)c1)N1CCC(c2cccnc2)C1. The van der Waals surface area contributed by atoms with E-state index in [0.717, 1.165) is 47.0 Å². The molecule has 0 bridgehead atoms. The van der Waals surface area contributed by atoms with Crippen molar-refractivity contribution in [3.63, 3.8) is 0 Å². The highest BCUT2D eigenvalue weighted by Gasteiger charge is 2.28. The van der Waals surface area contributed by atoms with Crippen molar-refractivity contribution in [1.29, 1.82) is 0 Å². The lowest BCUT2D eigenvalue weighted by molar-refractivity contribution is 0.0791. The van der Waals surface area contributed by atoms with Gasteiger partial charge in [-0.2, -0.15) is 0 Å². The van der Waals surface area contributed by atoms with Gasteiger partial charge in [-0.05, 0) is 52.8 Å². The minimum absolute atomic E-state index is 0.0974. The van der Waals surface area contributed by atoms with Crippen molar-refractivity contribution < 1.29 is 4.79 Å². The summed E-state index contributed by atoms with van der Waals surface area (Å²) >= 11 is 0. The number of carbonyl (C=O) groups is 1. The molecule has 0 radical (unpaired) electrons. The van der Waals surface area contributed by atoms with Crippen LogP contribution in [0.2, 0.25) is 0 Å². The zero-order valence-electron chi connectivity index (χ0n) is 16.0. The van der Waals surface area contributed by atoms with Gasteiger partial charge in [0.1, 0.15) is 0 Å². The molecule has 0 spiro atoms. The van der Waals surface area contributed by atoms with Crippen LogP contribution in [0.1, 0.15) is 28.3 Å². The fourth-order valence-electron chi connectivity index (χ4n) is 4.21. The highest BCUT2D eigenvalue weighted by molar-refractivity contribution is 5.99. The standard InChI is InChI=1S/C25H21N3O/c29-25(28-13-10-22(17-28)20-7-3-11-26-15-20)19-5-1-4-18(14-19)23-8-2-6-21-16-27-12-9-24(21)23/h1-9,11-12,14-16,22H,10,13,17H2. The molecule has 1 amide bonds. The minimum atomic E-state index is 0.0974. The van der Waals surface area contributed by atoms with Crippen LogP contribution in [0, 0.1) is 0 Å². The summed E-state index contributed by atoms with van der Waals surface area (Å²) in [6, 6.07) is 20.2. The van der Waals surface area contributed by atoms with E-state index in [1.165, 1.54) is 5.56 Å². The van der Waals surface area contributed by atoms with Crippen LogP contribution in [0.15, 0.2) is 85.5 Å². The van der Waals surface area contributed by atoms with Gasteiger partial charge in [-0.3, -0.25) is 14.8 Å². The van der Waals surface area contributed by atoms with Crippen LogP contribution in [-0.2, 0) is 0 Å². The fourth-order valence-corrected chi connectivity index (χ4v) is 4.21. The van der Waals surface area contributed by atoms with Crippen LogP contribution in [0.5, 0.6) is 0 Å². The lowest BCUT2D eigenvalue weighted by Gasteiger charge is -2.17. The molecule has 4 nitrogen and oxygen atoms in total. The summed E-state index contributed by atoms with van der Waals surface area (Å²) in [4.78, 5) is 23.6. The second-order valence-electron chi connectivity index (χ2n) is 7.51. The molecule has 2 aromatic heterocycles. The maximum Gasteiger partial charge on any atom is 0.253 e. The van der Waals surface area contributed by atoms with Gasteiger partial charge in [-0.15, -0.1) is 0 Å². The second-order valence-corrected chi connectivity index (χ2v) is 7.51. The number of fused-ring (bicyclic) bond motifs is 1. The first-order valence-corrected chi connectivity index (χ1v) is 9.92. The predicted molar refractivity (Wildman–Crippen MR) is 115 cm³/mol. The maximum atomic E-state index is 13.2. The van der Waals surface area contributed by atoms with Gasteiger partial charge in [0.15, 0.2) is 0 Å². The van der Waals surface area contributed by atoms with Crippen LogP contribution in [0.25, 0.3) is 21.9 Å². The van der Waals surface area contributed by atoms with Crippen LogP contribution in [-0.4, -0.2) is 33.9 Å². The lowest BCUT2D eigenvalue weighted by atomic mass is 9.97. The van der Waals surface area contributed by atoms with Gasteiger partial charge in [0.25, 0.3) is 5.91 Å². The molecule has 4 heteroatoms. The van der Waals surface area contributed by atoms with Crippen LogP contribution >= 0.6 is 0 Å². The van der Waals surface area contributed by atoms with Gasteiger partial charge >= 0.3 is 0 Å². The summed E-state index contributed by atoms with van der Waals surface area (Å²) in [6.07, 6.45) is 8.36. The summed E-state index contributed by atoms with van der Waals surface area (Å²) in [5, 5.41) is 2.24. The predicted octanol–water partition coefficient (Wildman–Crippen LogP) is 4.93. The Hall–Kier alpha value is -3.53. The number of amides is 1. The molecule has 1 unspecified atom stereocenters. The van der Waals surface area contributed by atoms with Gasteiger partial charge in [0.2, 0.25) is 0 Å². The normalized spacial score (nSPS) is 16.3. The average Bonchev–Trinajstić information content (AvgIpc) is 3.29. The molecule has 2 aromatic carbocycles. The zero-order valence-corrected chi connectivity index (χ0v) is 16.0. The van der Waals surface area contributed by atoms with Crippen LogP contribution < -0.4 is 0 Å². The summed E-state index contributed by atoms with van der Waals surface area (Å²) in [7, 11) is 0. The van der Waals surface area contributed by atoms with E-state index in [4.69, 9.17) is 0 Å². The van der Waals surface area contributed by atoms with E-state index in [1.54, 1.807) is 6.20 Å². The molecule has 1 atom stereocenters. The Kier molecular flexibility index (Phi) is 4.53. The zero-order chi connectivity index (χ0) is 19.6. The number of pyridine rings is 2. The third-order valence-electron chi connectivity index (χ3n) is 5.73. The Labute approximate surface area is 169 Å². The maximum absolute atomic E-state index is 13.2. The molecule has 0 N–H and O–H groups in total. The third kappa shape index (κ3) is 3.38. The van der Waals surface area contributed by atoms with Gasteiger partial charge in [-0.1, -0.05) is 36.4 Å². The minimum Gasteiger partial charge on any atom is -0.338 e. The van der Waals surface area contributed by atoms with Crippen LogP contribution in [0.4, 0.5) is 0 Å². The smallest absolute Gasteiger partial charge is 0.253 e. The Morgan fingerprint density at radius 3 is 2.72 bits per heavy atom. The largest absolute Gasteiger partial charge is 0.338 e. The van der Waals surface area contributed by atoms with E-state index in [2.05, 4.69) is 34.2 Å². The number of carbonyl (C=O) groups excluding carboxylic acids is 1. The monoisotopic (exact) mass is 379 g/mol. The van der Waals surface area contributed by atoms with Crippen molar-refractivity contribution in [3.05, 3.63) is 96.6 Å². The topological polar surface area (TPSA) is 46.1 Å². The van der Waals surface area contributed by atoms with E-state index < -0.39 is 0 Å². The number of hydrogen-bond donors (Lipinski definition) is 0. The van der Waals surface area contributed by atoms with Crippen molar-refractivity contribution in [2.45, 2.75) is 12.3 Å². The summed E-state index contributed by atoms with van der Waals surface area (Å²) < 4.78 is 0. The molecule has 142 valence electrons. The van der Waals surface area contributed by atoms with E-state index in [0.29, 0.717) is 5.92 Å². The van der Waals surface area contributed by atoms with Crippen molar-refractivity contribution >= 4 is 16.7 Å². The molecule has 3 heterocycles. The van der Waals surface area contributed by atoms with Gasteiger partial charge in [0.05, 0.1) is 0 Å². The molecular formula is C25H21N3O. The third-order valence-corrected chi connectivity index (χ3v) is 5.73. The number of benzene rings is 2. The number of nitrogens with zero attached hydrogens (tertiary/aromatic N) is 3. The van der Waals surface area contributed by atoms with E-state index in [9.17, 15) is 4.79 Å². The molecular weight excluding hydrogens is 358 g/mol. The lowest BCUT2D eigenvalue weighted by Crippen LogP contribution is -2.28. The molecule has 1 saturated heterocycles. The fraction of sp³-hybridized carbons (Fsp3) is 0.160.